The normalized spacial score (nSPS) is 11.3. The molecule has 0 heterocycles. The van der Waals surface area contributed by atoms with Crippen molar-refractivity contribution in [2.75, 3.05) is 26.2 Å². The average molecular weight is 483 g/mol. The van der Waals surface area contributed by atoms with Crippen molar-refractivity contribution in [1.82, 2.24) is 10.6 Å². The fourth-order valence-electron chi connectivity index (χ4n) is 1.72. The summed E-state index contributed by atoms with van der Waals surface area (Å²) in [7, 11) is 0. The predicted octanol–water partition coefficient (Wildman–Crippen LogP) is 3.51. The van der Waals surface area contributed by atoms with Crippen LogP contribution in [0, 0.1) is 0 Å². The molecule has 1 aromatic rings. The molecule has 1 atom stereocenters. The Hall–Kier alpha value is 0.440. The van der Waals surface area contributed by atoms with Gasteiger partial charge in [0.25, 0.3) is 0 Å². The van der Waals surface area contributed by atoms with Crippen LogP contribution in [-0.2, 0) is 6.54 Å². The second-order valence-electron chi connectivity index (χ2n) is 4.55. The second-order valence-corrected chi connectivity index (χ2v) is 6.26. The highest BCUT2D eigenvalue weighted by atomic mass is 79.9. The molecule has 0 spiro atoms. The Balaban J connectivity index is 0. The average Bonchev–Trinajstić information content (AvgIpc) is 2.37. The van der Waals surface area contributed by atoms with Gasteiger partial charge in [0.15, 0.2) is 0 Å². The van der Waals surface area contributed by atoms with Gasteiger partial charge < -0.3 is 20.5 Å². The molecule has 0 amide bonds. The summed E-state index contributed by atoms with van der Waals surface area (Å²) in [6, 6.07) is 4.12. The zero-order valence-electron chi connectivity index (χ0n) is 12.7. The molecule has 0 fully saturated rings. The molecule has 1 rings (SSSR count). The van der Waals surface area contributed by atoms with E-state index in [1.54, 1.807) is 6.92 Å². The molecule has 0 aromatic heterocycles. The first-order chi connectivity index (χ1) is 9.54. The summed E-state index contributed by atoms with van der Waals surface area (Å²) >= 11 is 7.05. The quantitative estimate of drug-likeness (QED) is 0.471. The van der Waals surface area contributed by atoms with Gasteiger partial charge in [-0.1, -0.05) is 0 Å². The van der Waals surface area contributed by atoms with E-state index in [1.165, 1.54) is 5.56 Å². The van der Waals surface area contributed by atoms with Gasteiger partial charge >= 0.3 is 0 Å². The summed E-state index contributed by atoms with van der Waals surface area (Å²) in [4.78, 5) is 0. The smallest absolute Gasteiger partial charge is 0.147 e. The van der Waals surface area contributed by atoms with Gasteiger partial charge in [0.2, 0.25) is 0 Å². The Morgan fingerprint density at radius 1 is 1.14 bits per heavy atom. The van der Waals surface area contributed by atoms with Crippen LogP contribution in [0.5, 0.6) is 5.75 Å². The number of aliphatic hydroxyl groups excluding tert-OH is 1. The van der Waals surface area contributed by atoms with Gasteiger partial charge in [-0.2, -0.15) is 0 Å². The lowest BCUT2D eigenvalue weighted by atomic mass is 10.2. The van der Waals surface area contributed by atoms with E-state index in [0.29, 0.717) is 13.2 Å². The fraction of sp³-hybridized carbons (Fsp3) is 0.571. The van der Waals surface area contributed by atoms with Crippen molar-refractivity contribution in [3.05, 3.63) is 26.6 Å². The van der Waals surface area contributed by atoms with Crippen molar-refractivity contribution in [3.63, 3.8) is 0 Å². The Labute approximate surface area is 161 Å². The van der Waals surface area contributed by atoms with Gasteiger partial charge in [-0.25, -0.2) is 0 Å². The lowest BCUT2D eigenvalue weighted by molar-refractivity contribution is 0.191. The summed E-state index contributed by atoms with van der Waals surface area (Å²) in [5.41, 5.74) is 1.18. The van der Waals surface area contributed by atoms with Gasteiger partial charge in [0, 0.05) is 26.2 Å². The number of rotatable bonds is 9. The largest absolute Gasteiger partial charge is 0.492 e. The van der Waals surface area contributed by atoms with Gasteiger partial charge in [0.05, 0.1) is 21.7 Å². The molecule has 1 aromatic carbocycles. The third-order valence-electron chi connectivity index (χ3n) is 2.59. The first-order valence-corrected chi connectivity index (χ1v) is 8.33. The van der Waals surface area contributed by atoms with Crippen LogP contribution in [0.2, 0.25) is 0 Å². The van der Waals surface area contributed by atoms with Crippen LogP contribution in [0.15, 0.2) is 21.1 Å². The van der Waals surface area contributed by atoms with Crippen molar-refractivity contribution in [3.8, 4) is 5.75 Å². The zero-order valence-corrected chi connectivity index (χ0v) is 17.5. The fourth-order valence-corrected chi connectivity index (χ4v) is 3.23. The van der Waals surface area contributed by atoms with Gasteiger partial charge in [-0.05, 0) is 63.4 Å². The topological polar surface area (TPSA) is 53.5 Å². The number of ether oxygens (including phenoxy) is 1. The lowest BCUT2D eigenvalue weighted by Gasteiger charge is -2.12. The van der Waals surface area contributed by atoms with E-state index < -0.39 is 0 Å². The molecule has 0 saturated heterocycles. The molecule has 22 heavy (non-hydrogen) atoms. The molecular formula is C14H24Br2Cl2N2O2. The van der Waals surface area contributed by atoms with Crippen LogP contribution >= 0.6 is 56.7 Å². The second kappa shape index (κ2) is 13.8. The third-order valence-corrected chi connectivity index (χ3v) is 3.77. The molecule has 1 unspecified atom stereocenters. The third kappa shape index (κ3) is 9.55. The molecule has 130 valence electrons. The molecular weight excluding hydrogens is 459 g/mol. The van der Waals surface area contributed by atoms with E-state index in [1.807, 2.05) is 6.92 Å². The minimum Gasteiger partial charge on any atom is -0.492 e. The molecule has 0 aliphatic heterocycles. The van der Waals surface area contributed by atoms with Crippen molar-refractivity contribution >= 4 is 56.7 Å². The van der Waals surface area contributed by atoms with E-state index in [0.717, 1.165) is 34.3 Å². The first-order valence-electron chi connectivity index (χ1n) is 6.74. The summed E-state index contributed by atoms with van der Waals surface area (Å²) in [5, 5.41) is 15.6. The Morgan fingerprint density at radius 2 is 1.68 bits per heavy atom. The molecule has 8 heteroatoms. The number of halogens is 4. The molecule has 0 aliphatic rings. The summed E-state index contributed by atoms with van der Waals surface area (Å²) < 4.78 is 7.47. The van der Waals surface area contributed by atoms with Crippen LogP contribution in [0.25, 0.3) is 0 Å². The van der Waals surface area contributed by atoms with Gasteiger partial charge in [-0.3, -0.25) is 0 Å². The van der Waals surface area contributed by atoms with Gasteiger partial charge in [0.1, 0.15) is 5.75 Å². The summed E-state index contributed by atoms with van der Waals surface area (Å²) in [5.74, 6) is 0.842. The molecule has 3 N–H and O–H groups in total. The Morgan fingerprint density at radius 3 is 2.18 bits per heavy atom. The SMILES string of the molecule is CCOc1c(Br)cc(CNCCNCC(C)O)cc1Br.Cl.Cl. The zero-order chi connectivity index (χ0) is 15.0. The highest BCUT2D eigenvalue weighted by Gasteiger charge is 2.08. The number of aliphatic hydroxyl groups is 1. The van der Waals surface area contributed by atoms with Crippen molar-refractivity contribution in [2.24, 2.45) is 0 Å². The van der Waals surface area contributed by atoms with E-state index >= 15 is 0 Å². The highest BCUT2D eigenvalue weighted by Crippen LogP contribution is 2.34. The maximum absolute atomic E-state index is 9.11. The molecule has 0 bridgehead atoms. The standard InChI is InChI=1S/C14H22Br2N2O2.2ClH/c1-3-20-14-12(15)6-11(7-13(14)16)9-18-5-4-17-8-10(2)19;;/h6-7,10,17-19H,3-5,8-9H2,1-2H3;2*1H. The Bertz CT molecular complexity index is 401. The minimum absolute atomic E-state index is 0. The molecule has 0 aliphatic carbocycles. The van der Waals surface area contributed by atoms with E-state index in [2.05, 4.69) is 54.6 Å². The summed E-state index contributed by atoms with van der Waals surface area (Å²) in [6.45, 7) is 7.50. The van der Waals surface area contributed by atoms with Crippen LogP contribution < -0.4 is 15.4 Å². The molecule has 4 nitrogen and oxygen atoms in total. The summed E-state index contributed by atoms with van der Waals surface area (Å²) in [6.07, 6.45) is -0.298. The lowest BCUT2D eigenvalue weighted by Crippen LogP contribution is -2.31. The van der Waals surface area contributed by atoms with Crippen molar-refractivity contribution in [2.45, 2.75) is 26.5 Å². The number of nitrogens with one attached hydrogen (secondary N) is 2. The maximum Gasteiger partial charge on any atom is 0.147 e. The number of hydrogen-bond acceptors (Lipinski definition) is 4. The van der Waals surface area contributed by atoms with Crippen molar-refractivity contribution < 1.29 is 9.84 Å². The monoisotopic (exact) mass is 480 g/mol. The van der Waals surface area contributed by atoms with Crippen LogP contribution in [0.4, 0.5) is 0 Å². The first kappa shape index (κ1) is 24.7. The van der Waals surface area contributed by atoms with E-state index in [4.69, 9.17) is 9.84 Å². The van der Waals surface area contributed by atoms with Gasteiger partial charge in [-0.15, -0.1) is 24.8 Å². The molecule has 0 saturated carbocycles. The molecule has 0 radical (unpaired) electrons. The van der Waals surface area contributed by atoms with Crippen LogP contribution in [0.3, 0.4) is 0 Å². The van der Waals surface area contributed by atoms with E-state index in [9.17, 15) is 0 Å². The number of hydrogen-bond donors (Lipinski definition) is 3. The maximum atomic E-state index is 9.11. The Kier molecular flexibility index (Phi) is 15.5. The van der Waals surface area contributed by atoms with E-state index in [-0.39, 0.29) is 30.9 Å². The van der Waals surface area contributed by atoms with Crippen molar-refractivity contribution in [1.29, 1.82) is 0 Å². The van der Waals surface area contributed by atoms with Crippen LogP contribution in [0.1, 0.15) is 19.4 Å². The minimum atomic E-state index is -0.298. The number of benzene rings is 1. The highest BCUT2D eigenvalue weighted by molar-refractivity contribution is 9.11. The predicted molar refractivity (Wildman–Crippen MR) is 104 cm³/mol. The van der Waals surface area contributed by atoms with Crippen LogP contribution in [-0.4, -0.2) is 37.5 Å².